The largest absolute Gasteiger partial charge is 0.442 e. The molecule has 3 rings (SSSR count). The summed E-state index contributed by atoms with van der Waals surface area (Å²) in [5.41, 5.74) is 0.564. The van der Waals surface area contributed by atoms with Crippen molar-refractivity contribution >= 4 is 6.09 Å². The molecule has 1 spiro atoms. The standard InChI is InChI=1S/C14H17FN2O2/c15-11-3-1-10(2-4-11)12-9-17-13(18)19-14(12)5-7-16-8-6-14/h1-4,12,16H,5-9H2,(H,17,18)/t12-/m1/s1. The van der Waals surface area contributed by atoms with Gasteiger partial charge in [-0.1, -0.05) is 12.1 Å². The smallest absolute Gasteiger partial charge is 0.407 e. The molecule has 5 heteroatoms. The highest BCUT2D eigenvalue weighted by atomic mass is 19.1. The van der Waals surface area contributed by atoms with Crippen molar-refractivity contribution < 1.29 is 13.9 Å². The summed E-state index contributed by atoms with van der Waals surface area (Å²) in [6.45, 7) is 2.22. The highest BCUT2D eigenvalue weighted by molar-refractivity contribution is 5.69. The molecule has 2 heterocycles. The summed E-state index contributed by atoms with van der Waals surface area (Å²) in [5.74, 6) is -0.170. The van der Waals surface area contributed by atoms with E-state index in [4.69, 9.17) is 4.74 Å². The van der Waals surface area contributed by atoms with E-state index < -0.39 is 5.60 Å². The topological polar surface area (TPSA) is 50.4 Å². The second-order valence-corrected chi connectivity index (χ2v) is 5.19. The Hall–Kier alpha value is -1.62. The Kier molecular flexibility index (Phi) is 3.14. The normalized spacial score (nSPS) is 25.7. The first kappa shape index (κ1) is 12.4. The Morgan fingerprint density at radius 1 is 1.21 bits per heavy atom. The van der Waals surface area contributed by atoms with Gasteiger partial charge in [0.2, 0.25) is 0 Å². The third kappa shape index (κ3) is 2.30. The van der Waals surface area contributed by atoms with Crippen LogP contribution in [0.4, 0.5) is 9.18 Å². The van der Waals surface area contributed by atoms with Crippen LogP contribution in [0.3, 0.4) is 0 Å². The average Bonchev–Trinajstić information content (AvgIpc) is 2.41. The van der Waals surface area contributed by atoms with Crippen molar-refractivity contribution in [2.75, 3.05) is 19.6 Å². The highest BCUT2D eigenvalue weighted by Crippen LogP contribution is 2.40. The van der Waals surface area contributed by atoms with E-state index in [-0.39, 0.29) is 17.8 Å². The summed E-state index contributed by atoms with van der Waals surface area (Å²) in [6.07, 6.45) is 1.24. The van der Waals surface area contributed by atoms with Crippen LogP contribution >= 0.6 is 0 Å². The molecule has 0 aromatic heterocycles. The van der Waals surface area contributed by atoms with E-state index in [0.29, 0.717) is 6.54 Å². The maximum absolute atomic E-state index is 13.0. The molecule has 4 nitrogen and oxygen atoms in total. The SMILES string of the molecule is O=C1NC[C@H](c2ccc(F)cc2)C2(CCNCC2)O1. The molecule has 2 aliphatic heterocycles. The Morgan fingerprint density at radius 2 is 1.89 bits per heavy atom. The van der Waals surface area contributed by atoms with Gasteiger partial charge in [-0.05, 0) is 30.8 Å². The summed E-state index contributed by atoms with van der Waals surface area (Å²) in [5, 5.41) is 6.02. The van der Waals surface area contributed by atoms with Crippen molar-refractivity contribution in [1.82, 2.24) is 10.6 Å². The molecule has 0 aliphatic carbocycles. The lowest BCUT2D eigenvalue weighted by molar-refractivity contribution is -0.0494. The number of alkyl carbamates (subject to hydrolysis) is 1. The lowest BCUT2D eigenvalue weighted by atomic mass is 9.75. The fourth-order valence-electron chi connectivity index (χ4n) is 3.08. The summed E-state index contributed by atoms with van der Waals surface area (Å²) < 4.78 is 18.7. The molecule has 0 bridgehead atoms. The number of hydrogen-bond donors (Lipinski definition) is 2. The predicted molar refractivity (Wildman–Crippen MR) is 68.5 cm³/mol. The lowest BCUT2D eigenvalue weighted by Crippen LogP contribution is -2.57. The predicted octanol–water partition coefficient (Wildman–Crippen LogP) is 1.77. The Labute approximate surface area is 111 Å². The van der Waals surface area contributed by atoms with E-state index in [1.807, 2.05) is 0 Å². The van der Waals surface area contributed by atoms with Crippen molar-refractivity contribution in [3.05, 3.63) is 35.6 Å². The first-order valence-corrected chi connectivity index (χ1v) is 6.63. The molecular weight excluding hydrogens is 247 g/mol. The third-order valence-corrected chi connectivity index (χ3v) is 4.10. The van der Waals surface area contributed by atoms with Gasteiger partial charge in [-0.3, -0.25) is 0 Å². The van der Waals surface area contributed by atoms with Crippen LogP contribution < -0.4 is 10.6 Å². The van der Waals surface area contributed by atoms with E-state index in [1.165, 1.54) is 12.1 Å². The fourth-order valence-corrected chi connectivity index (χ4v) is 3.08. The van der Waals surface area contributed by atoms with Gasteiger partial charge in [-0.25, -0.2) is 9.18 Å². The van der Waals surface area contributed by atoms with Gasteiger partial charge in [0, 0.05) is 25.3 Å². The first-order chi connectivity index (χ1) is 9.20. The van der Waals surface area contributed by atoms with Crippen LogP contribution in [0.15, 0.2) is 24.3 Å². The van der Waals surface area contributed by atoms with Crippen molar-refractivity contribution in [1.29, 1.82) is 0 Å². The van der Waals surface area contributed by atoms with E-state index >= 15 is 0 Å². The minimum absolute atomic E-state index is 0.0768. The summed E-state index contributed by atoms with van der Waals surface area (Å²) in [7, 11) is 0. The molecule has 1 atom stereocenters. The van der Waals surface area contributed by atoms with Gasteiger partial charge in [0.05, 0.1) is 0 Å². The molecule has 102 valence electrons. The first-order valence-electron chi connectivity index (χ1n) is 6.63. The van der Waals surface area contributed by atoms with Gasteiger partial charge in [0.25, 0.3) is 0 Å². The van der Waals surface area contributed by atoms with Gasteiger partial charge in [0.15, 0.2) is 0 Å². The van der Waals surface area contributed by atoms with E-state index in [0.717, 1.165) is 31.5 Å². The number of rotatable bonds is 1. The number of halogens is 1. The van der Waals surface area contributed by atoms with Crippen LogP contribution in [0.5, 0.6) is 0 Å². The summed E-state index contributed by atoms with van der Waals surface area (Å²) in [4.78, 5) is 11.6. The van der Waals surface area contributed by atoms with Crippen LogP contribution in [-0.4, -0.2) is 31.3 Å². The monoisotopic (exact) mass is 264 g/mol. The fraction of sp³-hybridized carbons (Fsp3) is 0.500. The van der Waals surface area contributed by atoms with Gasteiger partial charge in [0.1, 0.15) is 11.4 Å². The van der Waals surface area contributed by atoms with Crippen molar-refractivity contribution in [3.63, 3.8) is 0 Å². The lowest BCUT2D eigenvalue weighted by Gasteiger charge is -2.46. The zero-order valence-corrected chi connectivity index (χ0v) is 10.6. The number of piperidine rings is 1. The van der Waals surface area contributed by atoms with Gasteiger partial charge < -0.3 is 15.4 Å². The quantitative estimate of drug-likeness (QED) is 0.813. The average molecular weight is 264 g/mol. The molecule has 2 N–H and O–H groups in total. The van der Waals surface area contributed by atoms with Gasteiger partial charge in [-0.2, -0.15) is 0 Å². The second kappa shape index (κ2) is 4.81. The van der Waals surface area contributed by atoms with Crippen LogP contribution in [0.2, 0.25) is 0 Å². The summed E-state index contributed by atoms with van der Waals surface area (Å²) in [6, 6.07) is 6.48. The van der Waals surface area contributed by atoms with Crippen LogP contribution in [0.25, 0.3) is 0 Å². The third-order valence-electron chi connectivity index (χ3n) is 4.10. The van der Waals surface area contributed by atoms with E-state index in [2.05, 4.69) is 10.6 Å². The van der Waals surface area contributed by atoms with Gasteiger partial charge >= 0.3 is 6.09 Å². The van der Waals surface area contributed by atoms with E-state index in [9.17, 15) is 9.18 Å². The second-order valence-electron chi connectivity index (χ2n) is 5.19. The van der Waals surface area contributed by atoms with Gasteiger partial charge in [-0.15, -0.1) is 0 Å². The number of nitrogens with one attached hydrogen (secondary N) is 2. The number of amides is 1. The number of hydrogen-bond acceptors (Lipinski definition) is 3. The number of carbonyl (C=O) groups is 1. The molecule has 1 aromatic carbocycles. The number of carbonyl (C=O) groups excluding carboxylic acids is 1. The van der Waals surface area contributed by atoms with Crippen molar-refractivity contribution in [2.24, 2.45) is 0 Å². The maximum atomic E-state index is 13.0. The molecule has 2 fully saturated rings. The maximum Gasteiger partial charge on any atom is 0.407 e. The molecule has 2 aliphatic rings. The highest BCUT2D eigenvalue weighted by Gasteiger charge is 2.47. The summed E-state index contributed by atoms with van der Waals surface area (Å²) >= 11 is 0. The zero-order valence-electron chi connectivity index (χ0n) is 10.6. The van der Waals surface area contributed by atoms with Crippen LogP contribution in [0, 0.1) is 5.82 Å². The molecule has 0 radical (unpaired) electrons. The van der Waals surface area contributed by atoms with Crippen LogP contribution in [0.1, 0.15) is 24.3 Å². The Bertz CT molecular complexity index is 469. The molecule has 1 amide bonds. The van der Waals surface area contributed by atoms with E-state index in [1.54, 1.807) is 12.1 Å². The van der Waals surface area contributed by atoms with Crippen LogP contribution in [-0.2, 0) is 4.74 Å². The molecule has 19 heavy (non-hydrogen) atoms. The Balaban J connectivity index is 1.92. The number of benzene rings is 1. The molecule has 2 saturated heterocycles. The van der Waals surface area contributed by atoms with Crippen molar-refractivity contribution in [2.45, 2.75) is 24.4 Å². The zero-order chi connectivity index (χ0) is 13.3. The molecular formula is C14H17FN2O2. The molecule has 0 unspecified atom stereocenters. The minimum Gasteiger partial charge on any atom is -0.442 e. The molecule has 0 saturated carbocycles. The Morgan fingerprint density at radius 3 is 2.58 bits per heavy atom. The molecule has 1 aromatic rings. The minimum atomic E-state index is -0.453. The van der Waals surface area contributed by atoms with Crippen molar-refractivity contribution in [3.8, 4) is 0 Å². The number of ether oxygens (including phenoxy) is 1.